The van der Waals surface area contributed by atoms with Crippen LogP contribution in [0.1, 0.15) is 11.1 Å². The summed E-state index contributed by atoms with van der Waals surface area (Å²) in [4.78, 5) is 20.4. The number of urea groups is 1. The highest BCUT2D eigenvalue weighted by atomic mass is 19.4. The molecule has 4 rings (SSSR count). The third kappa shape index (κ3) is 6.08. The molecule has 2 amide bonds. The van der Waals surface area contributed by atoms with Crippen molar-refractivity contribution in [3.8, 4) is 5.82 Å². The van der Waals surface area contributed by atoms with Crippen molar-refractivity contribution in [3.05, 3.63) is 84.4 Å². The van der Waals surface area contributed by atoms with Crippen molar-refractivity contribution in [1.82, 2.24) is 19.7 Å². The molecule has 3 N–H and O–H groups in total. The SMILES string of the molecule is O=C(Nc1ccc(Nc2cc(-n3cccn3)ncn2)cc1)Nc1cc(C(F)(F)F)cc(C(F)(F)F)c1. The molecule has 8 nitrogen and oxygen atoms in total. The van der Waals surface area contributed by atoms with Gasteiger partial charge in [0, 0.05) is 35.5 Å². The average molecular weight is 507 g/mol. The molecule has 0 saturated heterocycles. The number of aromatic nitrogens is 4. The first-order chi connectivity index (χ1) is 17.0. The molecule has 0 fully saturated rings. The van der Waals surface area contributed by atoms with Crippen molar-refractivity contribution < 1.29 is 31.1 Å². The fraction of sp³-hybridized carbons (Fsp3) is 0.0909. The molecule has 2 heterocycles. The summed E-state index contributed by atoms with van der Waals surface area (Å²) in [5.74, 6) is 0.981. The number of anilines is 4. The van der Waals surface area contributed by atoms with E-state index in [4.69, 9.17) is 0 Å². The van der Waals surface area contributed by atoms with Crippen LogP contribution in [-0.4, -0.2) is 25.8 Å². The maximum absolute atomic E-state index is 13.0. The van der Waals surface area contributed by atoms with Crippen LogP contribution in [-0.2, 0) is 12.4 Å². The second kappa shape index (κ2) is 9.56. The number of carbonyl (C=O) groups excluding carboxylic acids is 1. The van der Waals surface area contributed by atoms with Crippen LogP contribution >= 0.6 is 0 Å². The highest BCUT2D eigenvalue weighted by Gasteiger charge is 2.37. The lowest BCUT2D eigenvalue weighted by Gasteiger charge is -2.15. The van der Waals surface area contributed by atoms with Crippen LogP contribution in [0, 0.1) is 0 Å². The number of alkyl halides is 6. The minimum atomic E-state index is -5.03. The van der Waals surface area contributed by atoms with Gasteiger partial charge in [-0.15, -0.1) is 0 Å². The van der Waals surface area contributed by atoms with E-state index in [0.717, 1.165) is 0 Å². The zero-order valence-electron chi connectivity index (χ0n) is 17.9. The molecule has 4 aromatic rings. The summed E-state index contributed by atoms with van der Waals surface area (Å²) in [6.45, 7) is 0. The molecule has 0 atom stereocenters. The zero-order chi connectivity index (χ0) is 25.9. The fourth-order valence-electron chi connectivity index (χ4n) is 3.05. The molecule has 2 aromatic heterocycles. The van der Waals surface area contributed by atoms with Crippen molar-refractivity contribution in [2.45, 2.75) is 12.4 Å². The van der Waals surface area contributed by atoms with Crippen LogP contribution in [0.2, 0.25) is 0 Å². The molecule has 0 radical (unpaired) electrons. The highest BCUT2D eigenvalue weighted by molar-refractivity contribution is 6.00. The molecule has 0 aliphatic carbocycles. The van der Waals surface area contributed by atoms with E-state index in [1.165, 1.54) is 18.5 Å². The molecule has 14 heteroatoms. The number of nitrogens with one attached hydrogen (secondary N) is 3. The van der Waals surface area contributed by atoms with Gasteiger partial charge in [0.05, 0.1) is 11.1 Å². The van der Waals surface area contributed by atoms with Gasteiger partial charge in [0.1, 0.15) is 12.1 Å². The molecular weight excluding hydrogens is 492 g/mol. The van der Waals surface area contributed by atoms with E-state index in [9.17, 15) is 31.1 Å². The van der Waals surface area contributed by atoms with E-state index in [-0.39, 0.29) is 11.8 Å². The number of hydrogen-bond acceptors (Lipinski definition) is 5. The quantitative estimate of drug-likeness (QED) is 0.284. The standard InChI is InChI=1S/C22H15F6N7O/c23-21(24,25)13-8-14(22(26,27)28)10-17(9-13)34-20(36)33-16-4-2-15(3-5-16)32-18-11-19(30-12-29-18)35-7-1-6-31-35/h1-12H,(H,29,30,32)(H2,33,34,36). The lowest BCUT2D eigenvalue weighted by atomic mass is 10.1. The Labute approximate surface area is 199 Å². The number of benzene rings is 2. The van der Waals surface area contributed by atoms with E-state index < -0.39 is 35.2 Å². The lowest BCUT2D eigenvalue weighted by molar-refractivity contribution is -0.143. The third-order valence-corrected chi connectivity index (χ3v) is 4.65. The molecular formula is C22H15F6N7O. The van der Waals surface area contributed by atoms with Crippen LogP contribution in [0.4, 0.5) is 54.0 Å². The van der Waals surface area contributed by atoms with Crippen LogP contribution in [0.5, 0.6) is 0 Å². The van der Waals surface area contributed by atoms with Crippen LogP contribution in [0.25, 0.3) is 5.82 Å². The third-order valence-electron chi connectivity index (χ3n) is 4.65. The zero-order valence-corrected chi connectivity index (χ0v) is 17.9. The van der Waals surface area contributed by atoms with E-state index >= 15 is 0 Å². The fourth-order valence-corrected chi connectivity index (χ4v) is 3.05. The van der Waals surface area contributed by atoms with Gasteiger partial charge < -0.3 is 16.0 Å². The predicted molar refractivity (Wildman–Crippen MR) is 118 cm³/mol. The smallest absolute Gasteiger partial charge is 0.340 e. The Hall–Kier alpha value is -4.62. The molecule has 186 valence electrons. The second-order valence-electron chi connectivity index (χ2n) is 7.29. The molecule has 0 aliphatic rings. The van der Waals surface area contributed by atoms with E-state index in [1.54, 1.807) is 41.3 Å². The maximum atomic E-state index is 13.0. The van der Waals surface area contributed by atoms with Gasteiger partial charge in [-0.1, -0.05) is 0 Å². The number of nitrogens with zero attached hydrogens (tertiary/aromatic N) is 4. The van der Waals surface area contributed by atoms with E-state index in [2.05, 4.69) is 25.7 Å². The topological polar surface area (TPSA) is 96.8 Å². The number of halogens is 6. The van der Waals surface area contributed by atoms with Gasteiger partial charge in [-0.3, -0.25) is 0 Å². The van der Waals surface area contributed by atoms with Gasteiger partial charge in [0.25, 0.3) is 0 Å². The van der Waals surface area contributed by atoms with E-state index in [1.807, 2.05) is 5.32 Å². The van der Waals surface area contributed by atoms with Crippen molar-refractivity contribution in [2.24, 2.45) is 0 Å². The van der Waals surface area contributed by atoms with Gasteiger partial charge in [-0.05, 0) is 48.5 Å². The van der Waals surface area contributed by atoms with Crippen molar-refractivity contribution in [3.63, 3.8) is 0 Å². The summed E-state index contributed by atoms with van der Waals surface area (Å²) >= 11 is 0. The molecule has 0 spiro atoms. The Kier molecular flexibility index (Phi) is 6.51. The second-order valence-corrected chi connectivity index (χ2v) is 7.29. The Morgan fingerprint density at radius 2 is 1.39 bits per heavy atom. The monoisotopic (exact) mass is 507 g/mol. The van der Waals surface area contributed by atoms with Gasteiger partial charge in [-0.2, -0.15) is 31.4 Å². The molecule has 0 aliphatic heterocycles. The van der Waals surface area contributed by atoms with Crippen molar-refractivity contribution >= 4 is 28.9 Å². The molecule has 0 unspecified atom stereocenters. The predicted octanol–water partition coefficient (Wildman–Crippen LogP) is 6.09. The summed E-state index contributed by atoms with van der Waals surface area (Å²) in [6, 6.07) is 9.29. The van der Waals surface area contributed by atoms with Crippen LogP contribution in [0.3, 0.4) is 0 Å². The Morgan fingerprint density at radius 1 is 0.778 bits per heavy atom. The highest BCUT2D eigenvalue weighted by Crippen LogP contribution is 2.37. The number of amides is 2. The summed E-state index contributed by atoms with van der Waals surface area (Å²) in [5.41, 5.74) is -2.92. The van der Waals surface area contributed by atoms with Gasteiger partial charge in [-0.25, -0.2) is 19.4 Å². The number of rotatable bonds is 5. The van der Waals surface area contributed by atoms with Crippen LogP contribution < -0.4 is 16.0 Å². The van der Waals surface area contributed by atoms with Gasteiger partial charge in [0.2, 0.25) is 0 Å². The normalized spacial score (nSPS) is 11.7. The minimum absolute atomic E-state index is 0.0233. The Bertz CT molecular complexity index is 1320. The van der Waals surface area contributed by atoms with Crippen LogP contribution in [0.15, 0.2) is 73.3 Å². The van der Waals surface area contributed by atoms with E-state index in [0.29, 0.717) is 29.5 Å². The summed E-state index contributed by atoms with van der Waals surface area (Å²) < 4.78 is 79.5. The summed E-state index contributed by atoms with van der Waals surface area (Å²) in [7, 11) is 0. The lowest BCUT2D eigenvalue weighted by Crippen LogP contribution is -2.20. The molecule has 36 heavy (non-hydrogen) atoms. The Morgan fingerprint density at radius 3 is 1.97 bits per heavy atom. The Balaban J connectivity index is 1.42. The van der Waals surface area contributed by atoms with Crippen molar-refractivity contribution in [2.75, 3.05) is 16.0 Å². The summed E-state index contributed by atoms with van der Waals surface area (Å²) in [6.07, 6.45) is -5.41. The number of carbonyl (C=O) groups is 1. The first kappa shape index (κ1) is 24.5. The minimum Gasteiger partial charge on any atom is -0.340 e. The maximum Gasteiger partial charge on any atom is 0.416 e. The molecule has 0 bridgehead atoms. The molecule has 0 saturated carbocycles. The molecule has 2 aromatic carbocycles. The average Bonchev–Trinajstić information content (AvgIpc) is 3.34. The van der Waals surface area contributed by atoms with Gasteiger partial charge >= 0.3 is 18.4 Å². The first-order valence-electron chi connectivity index (χ1n) is 10.0. The summed E-state index contributed by atoms with van der Waals surface area (Å²) in [5, 5.41) is 11.5. The van der Waals surface area contributed by atoms with Gasteiger partial charge in [0.15, 0.2) is 5.82 Å². The first-order valence-corrected chi connectivity index (χ1v) is 10.0. The van der Waals surface area contributed by atoms with Crippen molar-refractivity contribution in [1.29, 1.82) is 0 Å². The largest absolute Gasteiger partial charge is 0.416 e. The number of hydrogen-bond donors (Lipinski definition) is 3.